The summed E-state index contributed by atoms with van der Waals surface area (Å²) in [6.07, 6.45) is 0. The van der Waals surface area contributed by atoms with Crippen LogP contribution in [0.4, 0.5) is 0 Å². The second-order valence-corrected chi connectivity index (χ2v) is 10.1. The molecule has 0 aliphatic carbocycles. The van der Waals surface area contributed by atoms with E-state index in [4.69, 9.17) is 30.2 Å². The van der Waals surface area contributed by atoms with Crippen LogP contribution < -0.4 is 0 Å². The fraction of sp³-hybridized carbons (Fsp3) is 0. The molecule has 7 aromatic carbocycles. The molecule has 9 aromatic rings. The molecular weight excluding hydrogens is 597 g/mol. The number of rotatable bonds is 6. The number of benzene rings is 7. The first-order valence-electron chi connectivity index (χ1n) is 27.8. The van der Waals surface area contributed by atoms with Gasteiger partial charge in [0.1, 0.15) is 0 Å². The molecule has 9 rings (SSSR count). The zero-order valence-corrected chi connectivity index (χ0v) is 24.5. The van der Waals surface area contributed by atoms with E-state index in [2.05, 4.69) is 15.0 Å². The van der Waals surface area contributed by atoms with E-state index in [-0.39, 0.29) is 5.56 Å². The molecule has 2 aromatic heterocycles. The summed E-state index contributed by atoms with van der Waals surface area (Å²) < 4.78 is 237. The fourth-order valence-corrected chi connectivity index (χ4v) is 5.27. The number of nitrogens with zero attached hydrogens (tertiary/aromatic N) is 4. The van der Waals surface area contributed by atoms with Crippen molar-refractivity contribution in [2.45, 2.75) is 0 Å². The van der Waals surface area contributed by atoms with E-state index in [1.54, 1.807) is 0 Å². The maximum atomic E-state index is 9.33. The van der Waals surface area contributed by atoms with Gasteiger partial charge in [0.15, 0.2) is 17.5 Å². The average Bonchev–Trinajstić information content (AvgIpc) is 3.90. The van der Waals surface area contributed by atoms with E-state index >= 15 is 0 Å². The Balaban J connectivity index is 1.54. The third-order valence-electron chi connectivity index (χ3n) is 7.31. The van der Waals surface area contributed by atoms with Crippen LogP contribution in [-0.2, 0) is 0 Å². The second kappa shape index (κ2) is 12.2. The van der Waals surface area contributed by atoms with Gasteiger partial charge >= 0.3 is 0 Å². The molecule has 0 fully saturated rings. The highest BCUT2D eigenvalue weighted by atomic mass is 15.0. The maximum Gasteiger partial charge on any atom is 0.164 e. The maximum absolute atomic E-state index is 9.33. The van der Waals surface area contributed by atoms with Crippen molar-refractivity contribution in [1.82, 2.24) is 19.5 Å². The smallest absolute Gasteiger partial charge is 0.164 e. The summed E-state index contributed by atoms with van der Waals surface area (Å²) in [7, 11) is 0. The van der Waals surface area contributed by atoms with Crippen LogP contribution in [0.25, 0.3) is 83.9 Å². The van der Waals surface area contributed by atoms with Gasteiger partial charge in [-0.2, -0.15) is 0 Å². The molecule has 0 N–H and O–H groups in total. The standard InChI is InChI=1S/C45H30N4/c1-5-16-31(17-6-1)36-25-15-26-38-37-24-13-14-27-40(37)49(42(36)38)41-29-28-35(30-39(41)32-18-7-2-8-19-32)45-47-43(33-20-9-3-10-21-33)46-44(48-45)34-22-11-4-12-23-34/h1-30H/i1D,2D,3D,4D,5D,6D,7D,8D,9D,10D,11D,12D,13D,14D,15D,16D,17D,18D,19D,20D,21D,22D,23D,24D,25D,26D,27D. The highest BCUT2D eigenvalue weighted by Gasteiger charge is 2.20. The highest BCUT2D eigenvalue weighted by Crippen LogP contribution is 2.41. The number of fused-ring (bicyclic) bond motifs is 3. The largest absolute Gasteiger partial charge is 0.308 e. The molecule has 0 saturated heterocycles. The van der Waals surface area contributed by atoms with Crippen LogP contribution in [0.2, 0.25) is 0 Å². The Morgan fingerprint density at radius 3 is 1.45 bits per heavy atom. The van der Waals surface area contributed by atoms with Crippen molar-refractivity contribution in [3.05, 3.63) is 181 Å². The molecule has 0 aliphatic rings. The van der Waals surface area contributed by atoms with Crippen LogP contribution in [-0.4, -0.2) is 19.5 Å². The number of aromatic nitrogens is 4. The van der Waals surface area contributed by atoms with Gasteiger partial charge in [-0.25, -0.2) is 15.0 Å². The van der Waals surface area contributed by atoms with Gasteiger partial charge < -0.3 is 4.57 Å². The zero-order valence-electron chi connectivity index (χ0n) is 51.5. The van der Waals surface area contributed by atoms with Crippen LogP contribution >= 0.6 is 0 Å². The van der Waals surface area contributed by atoms with E-state index in [0.717, 1.165) is 16.7 Å². The Hall–Kier alpha value is -6.65. The summed E-state index contributed by atoms with van der Waals surface area (Å²) in [6, 6.07) is -19.8. The van der Waals surface area contributed by atoms with Crippen molar-refractivity contribution in [2.24, 2.45) is 0 Å². The molecule has 0 aliphatic heterocycles. The van der Waals surface area contributed by atoms with E-state index < -0.39 is 241 Å². The molecular formula is C45H30N4. The SMILES string of the molecule is [2H]c1c([2H])c([2H])c(-c2nc(-c3ccc(-n4c5c([2H])c([2H])c([2H])c([2H])c5c5c([2H])c([2H])c([2H])c(-c6c([2H])c([2H])c([2H])c([2H])c6[2H])c54)c(-c4c([2H])c([2H])c([2H])c([2H])c4[2H])c3)nc(-c3c([2H])c([2H])c([2H])c([2H])c3[2H])n2)c([2H])c1[2H]. The van der Waals surface area contributed by atoms with Gasteiger partial charge in [0, 0.05) is 38.6 Å². The number of hydrogen-bond donors (Lipinski definition) is 0. The first-order valence-corrected chi connectivity index (χ1v) is 14.3. The Kier molecular flexibility index (Phi) is 3.01. The molecule has 0 unspecified atom stereocenters. The average molecular weight is 654 g/mol. The van der Waals surface area contributed by atoms with Gasteiger partial charge in [-0.1, -0.05) is 157 Å². The minimum atomic E-state index is -0.915. The molecule has 2 heterocycles. The van der Waals surface area contributed by atoms with Gasteiger partial charge in [-0.3, -0.25) is 0 Å². The van der Waals surface area contributed by atoms with E-state index in [0.29, 0.717) is 0 Å². The summed E-state index contributed by atoms with van der Waals surface area (Å²) in [5.41, 5.74) is -5.46. The minimum Gasteiger partial charge on any atom is -0.308 e. The minimum absolute atomic E-state index is 0.264. The number of hydrogen-bond acceptors (Lipinski definition) is 3. The summed E-state index contributed by atoms with van der Waals surface area (Å²) >= 11 is 0. The summed E-state index contributed by atoms with van der Waals surface area (Å²) in [4.78, 5) is 13.2. The van der Waals surface area contributed by atoms with Crippen molar-refractivity contribution in [1.29, 1.82) is 0 Å². The summed E-state index contributed by atoms with van der Waals surface area (Å²) in [5.74, 6) is -1.96. The molecule has 0 amide bonds. The van der Waals surface area contributed by atoms with Crippen molar-refractivity contribution in [2.75, 3.05) is 0 Å². The van der Waals surface area contributed by atoms with Gasteiger partial charge in [-0.15, -0.1) is 0 Å². The van der Waals surface area contributed by atoms with E-state index in [1.807, 2.05) is 0 Å². The topological polar surface area (TPSA) is 43.6 Å². The third-order valence-corrected chi connectivity index (χ3v) is 7.31. The van der Waals surface area contributed by atoms with Crippen molar-refractivity contribution < 1.29 is 37.0 Å². The second-order valence-electron chi connectivity index (χ2n) is 10.1. The highest BCUT2D eigenvalue weighted by molar-refractivity contribution is 6.14. The lowest BCUT2D eigenvalue weighted by atomic mass is 9.99. The van der Waals surface area contributed by atoms with Gasteiger partial charge in [0.25, 0.3) is 0 Å². The van der Waals surface area contributed by atoms with Crippen LogP contribution in [0.1, 0.15) is 37.0 Å². The Bertz CT molecular complexity index is 3950. The lowest BCUT2D eigenvalue weighted by Gasteiger charge is -2.17. The van der Waals surface area contributed by atoms with Crippen LogP contribution in [0.3, 0.4) is 0 Å². The Morgan fingerprint density at radius 1 is 0.388 bits per heavy atom. The summed E-state index contributed by atoms with van der Waals surface area (Å²) in [6.45, 7) is 0. The van der Waals surface area contributed by atoms with Crippen LogP contribution in [0.15, 0.2) is 181 Å². The Labute approximate surface area is 322 Å². The molecule has 0 saturated carbocycles. The molecule has 0 atom stereocenters. The molecule has 0 radical (unpaired) electrons. The fourth-order valence-electron chi connectivity index (χ4n) is 5.27. The van der Waals surface area contributed by atoms with Crippen molar-refractivity contribution >= 4 is 21.8 Å². The molecule has 4 heteroatoms. The molecule has 230 valence electrons. The lowest BCUT2D eigenvalue weighted by Crippen LogP contribution is -2.02. The first kappa shape index (κ1) is 12.1. The van der Waals surface area contributed by atoms with Gasteiger partial charge in [0.2, 0.25) is 0 Å². The molecule has 49 heavy (non-hydrogen) atoms. The van der Waals surface area contributed by atoms with E-state index in [9.17, 15) is 6.85 Å². The molecule has 0 bridgehead atoms. The summed E-state index contributed by atoms with van der Waals surface area (Å²) in [5, 5.41) is -0.974. The van der Waals surface area contributed by atoms with Crippen molar-refractivity contribution in [3.63, 3.8) is 0 Å². The number of para-hydroxylation sites is 2. The molecule has 0 spiro atoms. The van der Waals surface area contributed by atoms with Crippen molar-refractivity contribution in [3.8, 4) is 62.1 Å². The first-order chi connectivity index (χ1) is 35.5. The monoisotopic (exact) mass is 653 g/mol. The lowest BCUT2D eigenvalue weighted by molar-refractivity contribution is 1.07. The molecule has 4 nitrogen and oxygen atoms in total. The third kappa shape index (κ3) is 5.16. The normalized spacial score (nSPS) is 19.0. The quantitative estimate of drug-likeness (QED) is 0.179. The Morgan fingerprint density at radius 2 is 0.857 bits per heavy atom. The zero-order chi connectivity index (χ0) is 56.1. The van der Waals surface area contributed by atoms with Crippen LogP contribution in [0.5, 0.6) is 0 Å². The van der Waals surface area contributed by atoms with Crippen LogP contribution in [0, 0.1) is 0 Å². The van der Waals surface area contributed by atoms with E-state index in [1.165, 1.54) is 6.07 Å². The van der Waals surface area contributed by atoms with Gasteiger partial charge in [-0.05, 0) is 35.4 Å². The predicted octanol–water partition coefficient (Wildman–Crippen LogP) is 11.3. The predicted molar refractivity (Wildman–Crippen MR) is 201 cm³/mol. The van der Waals surface area contributed by atoms with Gasteiger partial charge in [0.05, 0.1) is 53.7 Å².